The molecule has 0 fully saturated rings. The summed E-state index contributed by atoms with van der Waals surface area (Å²) in [6, 6.07) is 4.37. The summed E-state index contributed by atoms with van der Waals surface area (Å²) in [5, 5.41) is 0. The number of pyridine rings is 1. The highest BCUT2D eigenvalue weighted by molar-refractivity contribution is 5.99. The van der Waals surface area contributed by atoms with Gasteiger partial charge in [0.15, 0.2) is 34.5 Å². The third-order valence-electron chi connectivity index (χ3n) is 6.15. The molecule has 0 unspecified atom stereocenters. The van der Waals surface area contributed by atoms with E-state index in [1.165, 1.54) is 33.2 Å². The topological polar surface area (TPSA) is 110 Å². The molecule has 39 heavy (non-hydrogen) atoms. The molecule has 1 aromatic carbocycles. The molecule has 11 heteroatoms. The second kappa shape index (κ2) is 15.0. The van der Waals surface area contributed by atoms with Gasteiger partial charge in [0.2, 0.25) is 6.79 Å². The molecule has 0 N–H and O–H groups in total. The number of ether oxygens (including phenoxy) is 5. The molecule has 0 amide bonds. The molecule has 0 saturated carbocycles. The van der Waals surface area contributed by atoms with Gasteiger partial charge in [-0.2, -0.15) is 0 Å². The van der Waals surface area contributed by atoms with E-state index in [1.807, 2.05) is 13.8 Å². The highest BCUT2D eigenvalue weighted by Gasteiger charge is 2.32. The Bertz CT molecular complexity index is 1140. The fourth-order valence-corrected chi connectivity index (χ4v) is 3.97. The van der Waals surface area contributed by atoms with Crippen LogP contribution in [0, 0.1) is 23.5 Å². The van der Waals surface area contributed by atoms with Crippen molar-refractivity contribution in [1.82, 2.24) is 4.98 Å². The molecule has 3 atom stereocenters. The van der Waals surface area contributed by atoms with Crippen LogP contribution in [-0.4, -0.2) is 48.8 Å². The van der Waals surface area contributed by atoms with Crippen molar-refractivity contribution in [3.63, 3.8) is 0 Å². The van der Waals surface area contributed by atoms with Crippen molar-refractivity contribution in [2.24, 2.45) is 11.8 Å². The molecule has 0 aliphatic heterocycles. The average molecular weight is 552 g/mol. The molecule has 0 aliphatic rings. The lowest BCUT2D eigenvalue weighted by Gasteiger charge is -2.31. The van der Waals surface area contributed by atoms with Gasteiger partial charge >= 0.3 is 11.9 Å². The van der Waals surface area contributed by atoms with E-state index >= 15 is 0 Å². The zero-order valence-electron chi connectivity index (χ0n) is 23.0. The molecule has 2 rings (SSSR count). The summed E-state index contributed by atoms with van der Waals surface area (Å²) in [5.41, 5.74) is -0.103. The summed E-state index contributed by atoms with van der Waals surface area (Å²) >= 11 is 0. The first-order valence-electron chi connectivity index (χ1n) is 12.7. The number of hydrogen-bond donors (Lipinski definition) is 0. The number of nitrogens with zero attached hydrogens (tertiary/aromatic N) is 1. The Hall–Kier alpha value is -3.76. The summed E-state index contributed by atoms with van der Waals surface area (Å²) in [6.07, 6.45) is 0.769. The quantitative estimate of drug-likeness (QED) is 0.166. The maximum Gasteiger partial charge on any atom is 0.309 e. The van der Waals surface area contributed by atoms with Gasteiger partial charge in [-0.05, 0) is 37.8 Å². The zero-order chi connectivity index (χ0) is 29.1. The van der Waals surface area contributed by atoms with Crippen LogP contribution in [0.5, 0.6) is 17.2 Å². The minimum atomic E-state index is -0.887. The second-order valence-electron chi connectivity index (χ2n) is 8.99. The van der Waals surface area contributed by atoms with E-state index in [-0.39, 0.29) is 35.3 Å². The molecule has 214 valence electrons. The lowest BCUT2D eigenvalue weighted by atomic mass is 9.92. The van der Waals surface area contributed by atoms with Gasteiger partial charge in [-0.3, -0.25) is 14.4 Å². The Balaban J connectivity index is 2.15. The third kappa shape index (κ3) is 8.90. The Labute approximate surface area is 226 Å². The van der Waals surface area contributed by atoms with Gasteiger partial charge in [0.1, 0.15) is 18.0 Å². The lowest BCUT2D eigenvalue weighted by Crippen LogP contribution is -2.40. The number of halogens is 2. The van der Waals surface area contributed by atoms with E-state index in [1.54, 1.807) is 6.92 Å². The molecule has 0 saturated heterocycles. The van der Waals surface area contributed by atoms with Crippen LogP contribution in [0.15, 0.2) is 30.5 Å². The third-order valence-corrected chi connectivity index (χ3v) is 6.15. The van der Waals surface area contributed by atoms with Gasteiger partial charge in [-0.25, -0.2) is 13.8 Å². The van der Waals surface area contributed by atoms with Crippen molar-refractivity contribution in [2.45, 2.75) is 66.1 Å². The lowest BCUT2D eigenvalue weighted by molar-refractivity contribution is -0.159. The zero-order valence-corrected chi connectivity index (χ0v) is 23.0. The maximum atomic E-state index is 14.3. The average Bonchev–Trinajstić information content (AvgIpc) is 2.90. The smallest absolute Gasteiger partial charge is 0.309 e. The van der Waals surface area contributed by atoms with Gasteiger partial charge in [-0.1, -0.05) is 20.8 Å². The van der Waals surface area contributed by atoms with Crippen LogP contribution < -0.4 is 14.2 Å². The number of aromatic nitrogens is 1. The number of esters is 2. The first kappa shape index (κ1) is 31.5. The van der Waals surface area contributed by atoms with Gasteiger partial charge in [0, 0.05) is 31.7 Å². The van der Waals surface area contributed by atoms with Gasteiger partial charge in [-0.15, -0.1) is 0 Å². The molecule has 1 heterocycles. The predicted octanol–water partition coefficient (Wildman–Crippen LogP) is 5.29. The highest BCUT2D eigenvalue weighted by Crippen LogP contribution is 2.31. The first-order chi connectivity index (χ1) is 18.5. The van der Waals surface area contributed by atoms with Crippen LogP contribution in [0.1, 0.15) is 64.4 Å². The minimum Gasteiger partial charge on any atom is -0.493 e. The standard InChI is InChI=1S/C28H35F2NO8/c1-7-19(8-2)26(39-24-14-20(29)9-10-21(24)30)17(4)38-28(34)16(3)13-22(33)25-27(37-15-36-18(5)32)23(35-6)11-12-31-25/h9-12,14,16-17,19,26H,7-8,13,15H2,1-6H3/t16-,17+,26-/m1/s1. The molecular formula is C28H35F2NO8. The summed E-state index contributed by atoms with van der Waals surface area (Å²) in [5.74, 6) is -4.29. The number of benzene rings is 1. The van der Waals surface area contributed by atoms with Crippen LogP contribution >= 0.6 is 0 Å². The summed E-state index contributed by atoms with van der Waals surface area (Å²) in [7, 11) is 1.37. The van der Waals surface area contributed by atoms with Crippen molar-refractivity contribution in [3.8, 4) is 17.2 Å². The number of methoxy groups -OCH3 is 1. The molecule has 9 nitrogen and oxygen atoms in total. The Morgan fingerprint density at radius 1 is 1.03 bits per heavy atom. The van der Waals surface area contributed by atoms with E-state index in [0.29, 0.717) is 12.8 Å². The first-order valence-corrected chi connectivity index (χ1v) is 12.7. The van der Waals surface area contributed by atoms with Gasteiger partial charge in [0.25, 0.3) is 0 Å². The fourth-order valence-electron chi connectivity index (χ4n) is 3.97. The maximum absolute atomic E-state index is 14.3. The Kier molecular flexibility index (Phi) is 12.1. The largest absolute Gasteiger partial charge is 0.493 e. The van der Waals surface area contributed by atoms with E-state index in [2.05, 4.69) is 4.98 Å². The van der Waals surface area contributed by atoms with Crippen molar-refractivity contribution in [2.75, 3.05) is 13.9 Å². The number of carbonyl (C=O) groups is 3. The van der Waals surface area contributed by atoms with Crippen LogP contribution in [0.25, 0.3) is 0 Å². The predicted molar refractivity (Wildman–Crippen MR) is 137 cm³/mol. The van der Waals surface area contributed by atoms with Crippen molar-refractivity contribution in [1.29, 1.82) is 0 Å². The van der Waals surface area contributed by atoms with Crippen LogP contribution in [0.3, 0.4) is 0 Å². The molecule has 0 bridgehead atoms. The fraction of sp³-hybridized carbons (Fsp3) is 0.500. The van der Waals surface area contributed by atoms with Gasteiger partial charge < -0.3 is 23.7 Å². The molecular weight excluding hydrogens is 516 g/mol. The monoisotopic (exact) mass is 551 g/mol. The number of hydrogen-bond acceptors (Lipinski definition) is 9. The van der Waals surface area contributed by atoms with Crippen molar-refractivity contribution in [3.05, 3.63) is 47.8 Å². The SMILES string of the molecule is CCC(CC)[C@H](Oc1cc(F)ccc1F)[C@H](C)OC(=O)[C@H](C)CC(=O)c1nccc(OC)c1OCOC(C)=O. The number of carbonyl (C=O) groups excluding carboxylic acids is 3. The normalized spacial score (nSPS) is 13.3. The van der Waals surface area contributed by atoms with Crippen LogP contribution in [-0.2, 0) is 19.1 Å². The molecule has 0 radical (unpaired) electrons. The Morgan fingerprint density at radius 3 is 2.33 bits per heavy atom. The number of rotatable bonds is 15. The molecule has 2 aromatic rings. The number of Topliss-reactive ketones (excluding diaryl/α,β-unsaturated/α-hetero) is 1. The van der Waals surface area contributed by atoms with Crippen LogP contribution in [0.2, 0.25) is 0 Å². The van der Waals surface area contributed by atoms with E-state index in [9.17, 15) is 23.2 Å². The van der Waals surface area contributed by atoms with Crippen molar-refractivity contribution >= 4 is 17.7 Å². The van der Waals surface area contributed by atoms with Crippen LogP contribution in [0.4, 0.5) is 8.78 Å². The number of ketones is 1. The van der Waals surface area contributed by atoms with E-state index in [0.717, 1.165) is 18.2 Å². The van der Waals surface area contributed by atoms with Gasteiger partial charge in [0.05, 0.1) is 13.0 Å². The molecule has 0 aliphatic carbocycles. The van der Waals surface area contributed by atoms with E-state index in [4.69, 9.17) is 23.7 Å². The molecule has 0 spiro atoms. The minimum absolute atomic E-state index is 0.0282. The summed E-state index contributed by atoms with van der Waals surface area (Å²) < 4.78 is 54.9. The highest BCUT2D eigenvalue weighted by atomic mass is 19.1. The van der Waals surface area contributed by atoms with Crippen molar-refractivity contribution < 1.29 is 46.8 Å². The molecule has 1 aromatic heterocycles. The summed E-state index contributed by atoms with van der Waals surface area (Å²) in [4.78, 5) is 41.1. The van der Waals surface area contributed by atoms with E-state index < -0.39 is 54.3 Å². The Morgan fingerprint density at radius 2 is 1.72 bits per heavy atom. The second-order valence-corrected chi connectivity index (χ2v) is 8.99. The summed E-state index contributed by atoms with van der Waals surface area (Å²) in [6.45, 7) is 7.71.